The van der Waals surface area contributed by atoms with E-state index in [4.69, 9.17) is 4.42 Å². The fourth-order valence-electron chi connectivity index (χ4n) is 0.719. The van der Waals surface area contributed by atoms with Gasteiger partial charge in [0.1, 0.15) is 0 Å². The molecule has 0 spiro atoms. The highest BCUT2D eigenvalue weighted by atomic mass is 19.1. The van der Waals surface area contributed by atoms with Gasteiger partial charge in [-0.05, 0) is 0 Å². The zero-order valence-corrected chi connectivity index (χ0v) is 6.31. The Kier molecular flexibility index (Phi) is 1.50. The summed E-state index contributed by atoms with van der Waals surface area (Å²) in [6.07, 6.45) is 1.12. The molecular weight excluding hydrogens is 133 g/mol. The molecule has 0 amide bonds. The molecule has 0 atom stereocenters. The van der Waals surface area contributed by atoms with Crippen LogP contribution in [0.4, 0.5) is 4.39 Å². The van der Waals surface area contributed by atoms with Gasteiger partial charge in [-0.15, -0.1) is 0 Å². The third kappa shape index (κ3) is 1.17. The first-order valence-corrected chi connectivity index (χ1v) is 3.11. The van der Waals surface area contributed by atoms with Crippen LogP contribution in [-0.2, 0) is 5.41 Å². The predicted molar refractivity (Wildman–Crippen MR) is 35.2 cm³/mol. The zero-order chi connectivity index (χ0) is 7.78. The Hall–Kier alpha value is -0.860. The molecule has 2 nitrogen and oxygen atoms in total. The van der Waals surface area contributed by atoms with Crippen molar-refractivity contribution in [2.24, 2.45) is 0 Å². The number of nitrogens with zero attached hydrogens (tertiary/aromatic N) is 1. The molecule has 0 saturated carbocycles. The molecule has 0 aliphatic rings. The summed E-state index contributed by atoms with van der Waals surface area (Å²) >= 11 is 0. The van der Waals surface area contributed by atoms with Gasteiger partial charge in [0.2, 0.25) is 0 Å². The summed E-state index contributed by atoms with van der Waals surface area (Å²) in [5.74, 6) is -0.194. The van der Waals surface area contributed by atoms with Crippen LogP contribution in [0.5, 0.6) is 0 Å². The van der Waals surface area contributed by atoms with Crippen LogP contribution in [0, 0.1) is 5.95 Å². The van der Waals surface area contributed by atoms with Crippen LogP contribution in [0.2, 0.25) is 0 Å². The van der Waals surface area contributed by atoms with Gasteiger partial charge in [-0.1, -0.05) is 20.8 Å². The van der Waals surface area contributed by atoms with Crippen LogP contribution in [0.1, 0.15) is 26.5 Å². The normalized spacial score (nSPS) is 12.0. The van der Waals surface area contributed by atoms with E-state index in [9.17, 15) is 4.39 Å². The molecule has 0 bridgehead atoms. The van der Waals surface area contributed by atoms with E-state index in [1.165, 1.54) is 0 Å². The van der Waals surface area contributed by atoms with E-state index >= 15 is 0 Å². The standard InChI is InChI=1S/C7H10FNO/c1-7(2,3)5-6(8)9-4-10-5/h4H,1-3H3. The maximum absolute atomic E-state index is 12.6. The van der Waals surface area contributed by atoms with E-state index in [-0.39, 0.29) is 5.41 Å². The molecule has 0 aromatic carbocycles. The van der Waals surface area contributed by atoms with Crippen molar-refractivity contribution < 1.29 is 8.81 Å². The van der Waals surface area contributed by atoms with Crippen molar-refractivity contribution in [3.8, 4) is 0 Å². The molecule has 1 aromatic heterocycles. The zero-order valence-electron chi connectivity index (χ0n) is 6.31. The van der Waals surface area contributed by atoms with Crippen LogP contribution >= 0.6 is 0 Å². The van der Waals surface area contributed by atoms with Crippen molar-refractivity contribution >= 4 is 0 Å². The van der Waals surface area contributed by atoms with Gasteiger partial charge in [0, 0.05) is 5.41 Å². The van der Waals surface area contributed by atoms with Crippen LogP contribution < -0.4 is 0 Å². The number of aromatic nitrogens is 1. The molecule has 0 aliphatic carbocycles. The van der Waals surface area contributed by atoms with Crippen molar-refractivity contribution in [1.29, 1.82) is 0 Å². The van der Waals surface area contributed by atoms with Crippen LogP contribution in [0.3, 0.4) is 0 Å². The first kappa shape index (κ1) is 7.25. The average molecular weight is 143 g/mol. The molecular formula is C7H10FNO. The molecule has 1 rings (SSSR count). The van der Waals surface area contributed by atoms with Gasteiger partial charge in [0.05, 0.1) is 0 Å². The molecule has 0 unspecified atom stereocenters. The summed E-state index contributed by atoms with van der Waals surface area (Å²) in [6.45, 7) is 5.61. The molecule has 56 valence electrons. The number of halogens is 1. The topological polar surface area (TPSA) is 26.0 Å². The predicted octanol–water partition coefficient (Wildman–Crippen LogP) is 2.11. The SMILES string of the molecule is CC(C)(C)c1ocnc1F. The Morgan fingerprint density at radius 1 is 1.50 bits per heavy atom. The molecule has 0 saturated heterocycles. The highest BCUT2D eigenvalue weighted by molar-refractivity contribution is 5.05. The highest BCUT2D eigenvalue weighted by Crippen LogP contribution is 2.23. The Labute approximate surface area is 59.1 Å². The largest absolute Gasteiger partial charge is 0.445 e. The van der Waals surface area contributed by atoms with E-state index in [1.807, 2.05) is 20.8 Å². The van der Waals surface area contributed by atoms with E-state index in [0.29, 0.717) is 5.76 Å². The number of hydrogen-bond donors (Lipinski definition) is 0. The third-order valence-electron chi connectivity index (χ3n) is 1.21. The lowest BCUT2D eigenvalue weighted by atomic mass is 9.94. The number of oxazole rings is 1. The lowest BCUT2D eigenvalue weighted by Gasteiger charge is -2.12. The smallest absolute Gasteiger partial charge is 0.254 e. The first-order chi connectivity index (χ1) is 4.52. The second kappa shape index (κ2) is 2.08. The van der Waals surface area contributed by atoms with Crippen molar-refractivity contribution in [3.63, 3.8) is 0 Å². The number of hydrogen-bond acceptors (Lipinski definition) is 2. The third-order valence-corrected chi connectivity index (χ3v) is 1.21. The van der Waals surface area contributed by atoms with E-state index in [2.05, 4.69) is 4.98 Å². The maximum Gasteiger partial charge on any atom is 0.254 e. The van der Waals surface area contributed by atoms with Crippen LogP contribution in [0.25, 0.3) is 0 Å². The minimum atomic E-state index is -0.507. The average Bonchev–Trinajstić information content (AvgIpc) is 2.11. The van der Waals surface area contributed by atoms with Gasteiger partial charge in [0.15, 0.2) is 12.2 Å². The van der Waals surface area contributed by atoms with Gasteiger partial charge in [-0.3, -0.25) is 0 Å². The molecule has 3 heteroatoms. The molecule has 10 heavy (non-hydrogen) atoms. The minimum Gasteiger partial charge on any atom is -0.445 e. The lowest BCUT2D eigenvalue weighted by molar-refractivity contribution is 0.381. The van der Waals surface area contributed by atoms with Crippen molar-refractivity contribution in [1.82, 2.24) is 4.98 Å². The molecule has 0 radical (unpaired) electrons. The van der Waals surface area contributed by atoms with Crippen LogP contribution in [0.15, 0.2) is 10.8 Å². The summed E-state index contributed by atoms with van der Waals surface area (Å²) in [5.41, 5.74) is -0.291. The number of rotatable bonds is 0. The Morgan fingerprint density at radius 2 is 2.10 bits per heavy atom. The summed E-state index contributed by atoms with van der Waals surface area (Å²) in [4.78, 5) is 3.35. The molecule has 1 heterocycles. The summed E-state index contributed by atoms with van der Waals surface area (Å²) in [6, 6.07) is 0. The lowest BCUT2D eigenvalue weighted by Crippen LogP contribution is -2.11. The van der Waals surface area contributed by atoms with Crippen LogP contribution in [-0.4, -0.2) is 4.98 Å². The summed E-state index contributed by atoms with van der Waals surface area (Å²) in [7, 11) is 0. The fraction of sp³-hybridized carbons (Fsp3) is 0.571. The molecule has 0 fully saturated rings. The first-order valence-electron chi connectivity index (χ1n) is 3.11. The van der Waals surface area contributed by atoms with Crippen molar-refractivity contribution in [2.75, 3.05) is 0 Å². The summed E-state index contributed by atoms with van der Waals surface area (Å²) < 4.78 is 17.5. The highest BCUT2D eigenvalue weighted by Gasteiger charge is 2.22. The maximum atomic E-state index is 12.6. The van der Waals surface area contributed by atoms with Gasteiger partial charge in [-0.25, -0.2) is 0 Å². The fourth-order valence-corrected chi connectivity index (χ4v) is 0.719. The van der Waals surface area contributed by atoms with Gasteiger partial charge in [-0.2, -0.15) is 9.37 Å². The van der Waals surface area contributed by atoms with E-state index < -0.39 is 5.95 Å². The molecule has 0 aliphatic heterocycles. The second-order valence-corrected chi connectivity index (χ2v) is 3.22. The Balaban J connectivity index is 3.05. The Bertz CT molecular complexity index is 224. The van der Waals surface area contributed by atoms with E-state index in [1.54, 1.807) is 0 Å². The molecule has 0 N–H and O–H groups in total. The summed E-state index contributed by atoms with van der Waals surface area (Å²) in [5, 5.41) is 0. The van der Waals surface area contributed by atoms with Gasteiger partial charge >= 0.3 is 0 Å². The van der Waals surface area contributed by atoms with Crippen molar-refractivity contribution in [2.45, 2.75) is 26.2 Å². The van der Waals surface area contributed by atoms with Crippen molar-refractivity contribution in [3.05, 3.63) is 18.1 Å². The monoisotopic (exact) mass is 143 g/mol. The van der Waals surface area contributed by atoms with Gasteiger partial charge in [0.25, 0.3) is 5.95 Å². The quantitative estimate of drug-likeness (QED) is 0.556. The van der Waals surface area contributed by atoms with Gasteiger partial charge < -0.3 is 4.42 Å². The second-order valence-electron chi connectivity index (χ2n) is 3.22. The molecule has 1 aromatic rings. The van der Waals surface area contributed by atoms with E-state index in [0.717, 1.165) is 6.39 Å². The minimum absolute atomic E-state index is 0.291. The Morgan fingerprint density at radius 3 is 2.30 bits per heavy atom.